The number of allylic oxidation sites excluding steroid dienone is 1. The van der Waals surface area contributed by atoms with Gasteiger partial charge in [0.1, 0.15) is 0 Å². The molecule has 0 unspecified atom stereocenters. The van der Waals surface area contributed by atoms with E-state index in [-0.39, 0.29) is 0 Å². The third kappa shape index (κ3) is 1.58. The van der Waals surface area contributed by atoms with Crippen LogP contribution in [-0.4, -0.2) is 0 Å². The van der Waals surface area contributed by atoms with Gasteiger partial charge < -0.3 is 0 Å². The van der Waals surface area contributed by atoms with Crippen molar-refractivity contribution < 1.29 is 0 Å². The van der Waals surface area contributed by atoms with Crippen LogP contribution in [0, 0.1) is 20.8 Å². The van der Waals surface area contributed by atoms with Gasteiger partial charge in [-0.05, 0) is 49.4 Å². The molecule has 0 saturated carbocycles. The summed E-state index contributed by atoms with van der Waals surface area (Å²) in [5, 5.41) is 0. The molecule has 0 aliphatic carbocycles. The number of aryl methyl sites for hydroxylation is 1. The van der Waals surface area contributed by atoms with Gasteiger partial charge in [0.15, 0.2) is 0 Å². The Balaban J connectivity index is 3.16. The van der Waals surface area contributed by atoms with Crippen LogP contribution in [0.4, 0.5) is 0 Å². The highest BCUT2D eigenvalue weighted by atomic mass is 14.1. The predicted octanol–water partition coefficient (Wildman–Crippen LogP) is 3.34. The van der Waals surface area contributed by atoms with Crippen LogP contribution in [0.5, 0.6) is 0 Å². The van der Waals surface area contributed by atoms with Gasteiger partial charge in [-0.2, -0.15) is 0 Å². The van der Waals surface area contributed by atoms with E-state index in [0.29, 0.717) is 0 Å². The van der Waals surface area contributed by atoms with Gasteiger partial charge in [0.2, 0.25) is 0 Å². The molecule has 12 heavy (non-hydrogen) atoms. The molecule has 0 aliphatic heterocycles. The van der Waals surface area contributed by atoms with Gasteiger partial charge >= 0.3 is 0 Å². The first-order valence-electron chi connectivity index (χ1n) is 4.33. The Morgan fingerprint density at radius 2 is 1.83 bits per heavy atom. The standard InChI is InChI=1S/C12H16/c1-5-6-12-8-7-9(2)10(3)11(12)4/h5,7-8H,1,6H2,2-4H3. The van der Waals surface area contributed by atoms with Crippen LogP contribution in [0.1, 0.15) is 22.3 Å². The van der Waals surface area contributed by atoms with Gasteiger partial charge in [0, 0.05) is 0 Å². The summed E-state index contributed by atoms with van der Waals surface area (Å²) in [4.78, 5) is 0. The van der Waals surface area contributed by atoms with Crippen molar-refractivity contribution >= 4 is 0 Å². The van der Waals surface area contributed by atoms with E-state index in [2.05, 4.69) is 39.5 Å². The lowest BCUT2D eigenvalue weighted by Crippen LogP contribution is -1.92. The molecule has 0 bridgehead atoms. The zero-order valence-corrected chi connectivity index (χ0v) is 8.15. The molecule has 0 spiro atoms. The molecule has 0 heterocycles. The molecule has 0 atom stereocenters. The first-order valence-corrected chi connectivity index (χ1v) is 4.33. The summed E-state index contributed by atoms with van der Waals surface area (Å²) < 4.78 is 0. The highest BCUT2D eigenvalue weighted by Gasteiger charge is 2.00. The fourth-order valence-electron chi connectivity index (χ4n) is 1.39. The summed E-state index contributed by atoms with van der Waals surface area (Å²) in [5.41, 5.74) is 5.60. The van der Waals surface area contributed by atoms with E-state index in [1.165, 1.54) is 22.3 Å². The number of hydrogen-bond acceptors (Lipinski definition) is 0. The minimum absolute atomic E-state index is 0.979. The SMILES string of the molecule is C=CCc1ccc(C)c(C)c1C. The molecule has 0 fully saturated rings. The van der Waals surface area contributed by atoms with E-state index in [1.807, 2.05) is 6.08 Å². The minimum atomic E-state index is 0.979. The van der Waals surface area contributed by atoms with E-state index in [9.17, 15) is 0 Å². The first-order chi connectivity index (χ1) is 5.66. The van der Waals surface area contributed by atoms with E-state index >= 15 is 0 Å². The van der Waals surface area contributed by atoms with Crippen molar-refractivity contribution in [1.82, 2.24) is 0 Å². The third-order valence-corrected chi connectivity index (χ3v) is 2.53. The molecule has 0 N–H and O–H groups in total. The summed E-state index contributed by atoms with van der Waals surface area (Å²) in [5.74, 6) is 0. The Kier molecular flexibility index (Phi) is 2.69. The molecule has 1 rings (SSSR count). The molecule has 1 aromatic carbocycles. The third-order valence-electron chi connectivity index (χ3n) is 2.53. The number of hydrogen-bond donors (Lipinski definition) is 0. The normalized spacial score (nSPS) is 9.92. The molecule has 0 saturated heterocycles. The lowest BCUT2D eigenvalue weighted by Gasteiger charge is -2.08. The van der Waals surface area contributed by atoms with Crippen LogP contribution in [-0.2, 0) is 6.42 Å². The average molecular weight is 160 g/mol. The van der Waals surface area contributed by atoms with Crippen LogP contribution >= 0.6 is 0 Å². The Bertz CT molecular complexity index is 295. The molecule has 0 radical (unpaired) electrons. The summed E-state index contributed by atoms with van der Waals surface area (Å²) >= 11 is 0. The zero-order valence-electron chi connectivity index (χ0n) is 8.15. The monoisotopic (exact) mass is 160 g/mol. The van der Waals surface area contributed by atoms with Crippen molar-refractivity contribution in [3.05, 3.63) is 47.0 Å². The molecule has 0 heteroatoms. The lowest BCUT2D eigenvalue weighted by atomic mass is 9.97. The van der Waals surface area contributed by atoms with E-state index < -0.39 is 0 Å². The quantitative estimate of drug-likeness (QED) is 0.582. The maximum absolute atomic E-state index is 3.75. The van der Waals surface area contributed by atoms with Crippen molar-refractivity contribution in [1.29, 1.82) is 0 Å². The zero-order chi connectivity index (χ0) is 9.14. The maximum Gasteiger partial charge on any atom is -0.00974 e. The molecule has 0 nitrogen and oxygen atoms in total. The molecule has 0 aliphatic rings. The van der Waals surface area contributed by atoms with Gasteiger partial charge in [0.05, 0.1) is 0 Å². The lowest BCUT2D eigenvalue weighted by molar-refractivity contribution is 1.16. The summed E-state index contributed by atoms with van der Waals surface area (Å²) in [6.07, 6.45) is 2.93. The van der Waals surface area contributed by atoms with Crippen molar-refractivity contribution in [2.45, 2.75) is 27.2 Å². The predicted molar refractivity (Wildman–Crippen MR) is 54.6 cm³/mol. The van der Waals surface area contributed by atoms with Crippen LogP contribution in [0.2, 0.25) is 0 Å². The summed E-state index contributed by atoms with van der Waals surface area (Å²) in [7, 11) is 0. The first kappa shape index (κ1) is 9.05. The van der Waals surface area contributed by atoms with Crippen LogP contribution in [0.25, 0.3) is 0 Å². The van der Waals surface area contributed by atoms with E-state index in [1.54, 1.807) is 0 Å². The van der Waals surface area contributed by atoms with Crippen molar-refractivity contribution in [3.8, 4) is 0 Å². The van der Waals surface area contributed by atoms with Crippen LogP contribution in [0.3, 0.4) is 0 Å². The van der Waals surface area contributed by atoms with E-state index in [4.69, 9.17) is 0 Å². The minimum Gasteiger partial charge on any atom is -0.103 e. The van der Waals surface area contributed by atoms with Crippen LogP contribution in [0.15, 0.2) is 24.8 Å². The van der Waals surface area contributed by atoms with Crippen molar-refractivity contribution in [2.24, 2.45) is 0 Å². The smallest absolute Gasteiger partial charge is 0.00974 e. The number of benzene rings is 1. The van der Waals surface area contributed by atoms with Crippen molar-refractivity contribution in [3.63, 3.8) is 0 Å². The number of rotatable bonds is 2. The van der Waals surface area contributed by atoms with Crippen LogP contribution < -0.4 is 0 Å². The molecule has 64 valence electrons. The fraction of sp³-hybridized carbons (Fsp3) is 0.333. The highest BCUT2D eigenvalue weighted by Crippen LogP contribution is 2.17. The molecule has 1 aromatic rings. The van der Waals surface area contributed by atoms with Crippen molar-refractivity contribution in [2.75, 3.05) is 0 Å². The van der Waals surface area contributed by atoms with Gasteiger partial charge in [-0.25, -0.2) is 0 Å². The second-order valence-corrected chi connectivity index (χ2v) is 3.28. The molecule has 0 amide bonds. The van der Waals surface area contributed by atoms with E-state index in [0.717, 1.165) is 6.42 Å². The highest BCUT2D eigenvalue weighted by molar-refractivity contribution is 5.39. The van der Waals surface area contributed by atoms with Gasteiger partial charge in [-0.15, -0.1) is 6.58 Å². The topological polar surface area (TPSA) is 0 Å². The Morgan fingerprint density at radius 3 is 2.42 bits per heavy atom. The Labute approximate surface area is 74.9 Å². The largest absolute Gasteiger partial charge is 0.103 e. The Hall–Kier alpha value is -1.04. The molecular weight excluding hydrogens is 144 g/mol. The van der Waals surface area contributed by atoms with Gasteiger partial charge in [0.25, 0.3) is 0 Å². The van der Waals surface area contributed by atoms with Gasteiger partial charge in [-0.3, -0.25) is 0 Å². The fourth-order valence-corrected chi connectivity index (χ4v) is 1.39. The summed E-state index contributed by atoms with van der Waals surface area (Å²) in [6.45, 7) is 10.3. The average Bonchev–Trinajstić information content (AvgIpc) is 2.07. The van der Waals surface area contributed by atoms with Gasteiger partial charge in [-0.1, -0.05) is 18.2 Å². The Morgan fingerprint density at radius 1 is 1.17 bits per heavy atom. The maximum atomic E-state index is 3.75. The second-order valence-electron chi connectivity index (χ2n) is 3.28. The molecule has 0 aromatic heterocycles. The summed E-state index contributed by atoms with van der Waals surface area (Å²) in [6, 6.07) is 4.38. The molecular formula is C12H16. The second kappa shape index (κ2) is 3.57.